The van der Waals surface area contributed by atoms with Gasteiger partial charge in [-0.1, -0.05) is 12.6 Å². The van der Waals surface area contributed by atoms with E-state index < -0.39 is 47.1 Å². The Bertz CT molecular complexity index is 2050. The lowest BCUT2D eigenvalue weighted by Gasteiger charge is -2.30. The zero-order valence-corrected chi connectivity index (χ0v) is 27.0. The predicted octanol–water partition coefficient (Wildman–Crippen LogP) is 6.03. The average Bonchev–Trinajstić information content (AvgIpc) is 3.80. The van der Waals surface area contributed by atoms with Gasteiger partial charge in [-0.05, 0) is 50.1 Å². The number of fused-ring (bicyclic) bond motifs is 3. The normalized spacial score (nSPS) is 24.0. The summed E-state index contributed by atoms with van der Waals surface area (Å²) in [5, 5.41) is 9.68. The number of anilines is 1. The van der Waals surface area contributed by atoms with Crippen molar-refractivity contribution in [3.63, 3.8) is 0 Å². The van der Waals surface area contributed by atoms with Gasteiger partial charge in [0.15, 0.2) is 11.2 Å². The molecule has 1 amide bonds. The van der Waals surface area contributed by atoms with E-state index in [-0.39, 0.29) is 74.6 Å². The fraction of sp³-hybridized carbons (Fsp3) is 0.424. The van der Waals surface area contributed by atoms with Gasteiger partial charge >= 0.3 is 12.2 Å². The summed E-state index contributed by atoms with van der Waals surface area (Å²) in [4.78, 5) is 28.8. The van der Waals surface area contributed by atoms with Crippen LogP contribution in [-0.2, 0) is 11.0 Å². The molecule has 7 rings (SSSR count). The minimum atomic E-state index is -5.02. The molecule has 4 aromatic rings. The summed E-state index contributed by atoms with van der Waals surface area (Å²) in [6, 6.07) is 4.47. The summed E-state index contributed by atoms with van der Waals surface area (Å²) in [5.41, 5.74) is 2.92. The van der Waals surface area contributed by atoms with Crippen molar-refractivity contribution in [1.82, 2.24) is 24.8 Å². The van der Waals surface area contributed by atoms with Crippen LogP contribution in [0.3, 0.4) is 0 Å². The van der Waals surface area contributed by atoms with Crippen LogP contribution in [0.25, 0.3) is 32.2 Å². The minimum absolute atomic E-state index is 0.0407. The molecule has 0 aliphatic carbocycles. The highest BCUT2D eigenvalue weighted by Gasteiger charge is 2.49. The Morgan fingerprint density at radius 1 is 1.27 bits per heavy atom. The number of benzene rings is 1. The molecule has 16 heteroatoms. The van der Waals surface area contributed by atoms with Crippen LogP contribution in [0.5, 0.6) is 11.9 Å². The van der Waals surface area contributed by atoms with E-state index in [1.807, 2.05) is 11.0 Å². The van der Waals surface area contributed by atoms with Gasteiger partial charge in [0.05, 0.1) is 21.8 Å². The molecule has 1 aromatic carbocycles. The lowest BCUT2D eigenvalue weighted by molar-refractivity contribution is -0.140. The Hall–Kier alpha value is -4.62. The van der Waals surface area contributed by atoms with Gasteiger partial charge in [0, 0.05) is 36.9 Å². The lowest BCUT2D eigenvalue weighted by Crippen LogP contribution is -2.43. The molecule has 6 heterocycles. The summed E-state index contributed by atoms with van der Waals surface area (Å²) < 4.78 is 86.0. The maximum absolute atomic E-state index is 14.9. The molecule has 10 nitrogen and oxygen atoms in total. The lowest BCUT2D eigenvalue weighted by atomic mass is 9.95. The Morgan fingerprint density at radius 3 is 2.80 bits per heavy atom. The van der Waals surface area contributed by atoms with Crippen molar-refractivity contribution >= 4 is 43.4 Å². The first-order chi connectivity index (χ1) is 23.3. The van der Waals surface area contributed by atoms with Crippen molar-refractivity contribution in [3.05, 3.63) is 47.9 Å². The Balaban J connectivity index is 1.39. The number of nitrogen functional groups attached to an aromatic ring is 1. The fourth-order valence-electron chi connectivity index (χ4n) is 7.39. The molecular formula is C33H30F5N7O3S. The number of likely N-dealkylation sites (tertiary alicyclic amines) is 1. The summed E-state index contributed by atoms with van der Waals surface area (Å²) in [6.45, 7) is 6.63. The second-order valence-corrected chi connectivity index (χ2v) is 13.7. The second-order valence-electron chi connectivity index (χ2n) is 12.6. The molecule has 4 atom stereocenters. The molecule has 3 fully saturated rings. The van der Waals surface area contributed by atoms with Crippen LogP contribution in [0.4, 0.5) is 27.0 Å². The highest BCUT2D eigenvalue weighted by Crippen LogP contribution is 2.46. The van der Waals surface area contributed by atoms with Gasteiger partial charge in [0.1, 0.15) is 41.3 Å². The molecule has 3 aliphatic heterocycles. The minimum Gasteiger partial charge on any atom is -0.470 e. The number of pyridine rings is 1. The summed E-state index contributed by atoms with van der Waals surface area (Å²) >= 11 is 0.756. The van der Waals surface area contributed by atoms with Gasteiger partial charge in [0.2, 0.25) is 11.8 Å². The Kier molecular flexibility index (Phi) is 8.10. The third-order valence-electron chi connectivity index (χ3n) is 9.74. The molecule has 0 saturated carbocycles. The van der Waals surface area contributed by atoms with Crippen LogP contribution in [0.1, 0.15) is 43.9 Å². The molecule has 0 radical (unpaired) electrons. The van der Waals surface area contributed by atoms with Crippen molar-refractivity contribution in [2.24, 2.45) is 0 Å². The SMILES string of the molecule is C=CC(=O)N1CC[C@@H](Oc2nc(OCC34CCCN3C[C@H](F)C4)nc3cc(-c4ccc(F)c5sc(N)c(C#N)c45)c(C(F)(F)F)nc23)[C@H]1C. The molecule has 0 bridgehead atoms. The number of nitriles is 1. The van der Waals surface area contributed by atoms with Gasteiger partial charge in [-0.15, -0.1) is 11.3 Å². The maximum atomic E-state index is 14.9. The summed E-state index contributed by atoms with van der Waals surface area (Å²) in [6.07, 6.45) is -3.35. The smallest absolute Gasteiger partial charge is 0.433 e. The third-order valence-corrected chi connectivity index (χ3v) is 10.8. The number of hydrogen-bond acceptors (Lipinski definition) is 10. The van der Waals surface area contributed by atoms with Gasteiger partial charge in [0.25, 0.3) is 0 Å². The third kappa shape index (κ3) is 5.58. The van der Waals surface area contributed by atoms with Crippen LogP contribution in [0.2, 0.25) is 0 Å². The number of rotatable bonds is 7. The number of hydrogen-bond donors (Lipinski definition) is 1. The Labute approximate surface area is 280 Å². The Morgan fingerprint density at radius 2 is 2.06 bits per heavy atom. The first-order valence-electron chi connectivity index (χ1n) is 15.7. The highest BCUT2D eigenvalue weighted by atomic mass is 32.1. The van der Waals surface area contributed by atoms with Crippen molar-refractivity contribution in [2.75, 3.05) is 32.0 Å². The molecule has 49 heavy (non-hydrogen) atoms. The van der Waals surface area contributed by atoms with Crippen LogP contribution in [0, 0.1) is 17.1 Å². The number of nitrogens with zero attached hydrogens (tertiary/aromatic N) is 6. The van der Waals surface area contributed by atoms with E-state index >= 15 is 0 Å². The van der Waals surface area contributed by atoms with Crippen molar-refractivity contribution in [2.45, 2.75) is 62.6 Å². The van der Waals surface area contributed by atoms with Crippen LogP contribution in [-0.4, -0.2) is 80.8 Å². The van der Waals surface area contributed by atoms with E-state index in [0.717, 1.165) is 36.0 Å². The van der Waals surface area contributed by atoms with E-state index in [1.165, 1.54) is 11.0 Å². The van der Waals surface area contributed by atoms with Crippen molar-refractivity contribution < 1.29 is 36.2 Å². The summed E-state index contributed by atoms with van der Waals surface area (Å²) in [7, 11) is 0. The van der Waals surface area contributed by atoms with Gasteiger partial charge in [-0.25, -0.2) is 13.8 Å². The average molecular weight is 700 g/mol. The zero-order chi connectivity index (χ0) is 34.8. The number of amides is 1. The van der Waals surface area contributed by atoms with E-state index in [9.17, 15) is 32.0 Å². The fourth-order valence-corrected chi connectivity index (χ4v) is 8.34. The number of alkyl halides is 4. The second kappa shape index (κ2) is 12.1. The van der Waals surface area contributed by atoms with Crippen molar-refractivity contribution in [3.8, 4) is 29.1 Å². The molecule has 3 saturated heterocycles. The van der Waals surface area contributed by atoms with Crippen molar-refractivity contribution in [1.29, 1.82) is 5.26 Å². The molecule has 1 unspecified atom stereocenters. The van der Waals surface area contributed by atoms with E-state index in [1.54, 1.807) is 6.92 Å². The first-order valence-corrected chi connectivity index (χ1v) is 16.5. The van der Waals surface area contributed by atoms with Crippen LogP contribution in [0.15, 0.2) is 30.9 Å². The van der Waals surface area contributed by atoms with E-state index in [4.69, 9.17) is 15.2 Å². The van der Waals surface area contributed by atoms with E-state index in [0.29, 0.717) is 25.9 Å². The molecule has 3 aromatic heterocycles. The van der Waals surface area contributed by atoms with Gasteiger partial charge in [-0.2, -0.15) is 28.4 Å². The molecule has 0 spiro atoms. The quantitative estimate of drug-likeness (QED) is 0.182. The number of carbonyl (C=O) groups is 1. The number of thiophene rings is 1. The standard InChI is InChI=1S/C33H30F5N7O3S/c1-3-24(46)45-10-7-23(16(45)2)48-30-26-22(41-31(43-30)47-15-32-8-4-9-44(32)14-17(34)12-32)11-19(28(42-26)33(36,37)38)18-5-6-21(35)27-25(18)20(13-39)29(40)49-27/h3,5-6,11,16-17,23H,1,4,7-10,12,14-15,40H2,2H3/t16-,17-,23-,32?/m1/s1. The van der Waals surface area contributed by atoms with Crippen LogP contribution < -0.4 is 15.2 Å². The highest BCUT2D eigenvalue weighted by molar-refractivity contribution is 7.23. The molecule has 3 aliphatic rings. The number of aromatic nitrogens is 3. The molecule has 256 valence electrons. The first kappa shape index (κ1) is 32.9. The molecule has 2 N–H and O–H groups in total. The number of nitrogens with two attached hydrogens (primary N) is 1. The van der Waals surface area contributed by atoms with E-state index in [2.05, 4.69) is 21.5 Å². The van der Waals surface area contributed by atoms with Gasteiger partial charge < -0.3 is 20.1 Å². The topological polar surface area (TPSA) is 130 Å². The number of carbonyl (C=O) groups excluding carboxylic acids is 1. The molecular weight excluding hydrogens is 669 g/mol. The monoisotopic (exact) mass is 699 g/mol. The zero-order valence-electron chi connectivity index (χ0n) is 26.2. The maximum Gasteiger partial charge on any atom is 0.433 e. The van der Waals surface area contributed by atoms with Gasteiger partial charge in [-0.3, -0.25) is 9.69 Å². The van der Waals surface area contributed by atoms with Crippen LogP contribution >= 0.6 is 11.3 Å². The number of halogens is 5. The summed E-state index contributed by atoms with van der Waals surface area (Å²) in [5.74, 6) is -1.36. The largest absolute Gasteiger partial charge is 0.470 e. The number of ether oxygens (including phenoxy) is 2. The predicted molar refractivity (Wildman–Crippen MR) is 171 cm³/mol.